The van der Waals surface area contributed by atoms with Crippen molar-refractivity contribution in [2.24, 2.45) is 0 Å². The smallest absolute Gasteiger partial charge is 0.189 e. The second-order valence-corrected chi connectivity index (χ2v) is 7.38. The number of thioether (sulfide) groups is 1. The highest BCUT2D eigenvalue weighted by atomic mass is 35.5. The van der Waals surface area contributed by atoms with Crippen molar-refractivity contribution in [2.45, 2.75) is 12.1 Å². The molecule has 134 valence electrons. The molecule has 0 saturated carbocycles. The van der Waals surface area contributed by atoms with Crippen molar-refractivity contribution < 1.29 is 0 Å². The van der Waals surface area contributed by atoms with E-state index in [4.69, 9.17) is 23.2 Å². The second-order valence-electron chi connectivity index (χ2n) is 5.84. The van der Waals surface area contributed by atoms with E-state index in [1.54, 1.807) is 18.6 Å². The number of halogens is 2. The topological polar surface area (TPSA) is 64.5 Å². The van der Waals surface area contributed by atoms with E-state index in [1.165, 1.54) is 11.8 Å². The number of hydrogen-bond donors (Lipinski definition) is 0. The van der Waals surface area contributed by atoms with Crippen molar-refractivity contribution in [1.82, 2.24) is 24.9 Å². The Bertz CT molecular complexity index is 1170. The maximum Gasteiger partial charge on any atom is 0.189 e. The average Bonchev–Trinajstić information content (AvgIpc) is 2.67. The number of nitrogens with zero attached hydrogens (tertiary/aromatic N) is 5. The standard InChI is InChI=1S/C19H13Cl2N5S/c1-10-7-22-9-16(24-10)11-3-4-13(15(20)6-11)14-5-12-8-23-19(27-2)26-18(12)25-17(14)21/h3-9H,1-2H3. The largest absolute Gasteiger partial charge is 0.261 e. The Kier molecular flexibility index (Phi) is 4.95. The minimum absolute atomic E-state index is 0.346. The summed E-state index contributed by atoms with van der Waals surface area (Å²) in [7, 11) is 0. The van der Waals surface area contributed by atoms with Gasteiger partial charge in [0, 0.05) is 39.5 Å². The number of fused-ring (bicyclic) bond motifs is 1. The normalized spacial score (nSPS) is 11.1. The average molecular weight is 414 g/mol. The van der Waals surface area contributed by atoms with Crippen molar-refractivity contribution in [3.8, 4) is 22.4 Å². The van der Waals surface area contributed by atoms with Gasteiger partial charge in [-0.3, -0.25) is 4.98 Å². The number of aromatic nitrogens is 5. The Morgan fingerprint density at radius 3 is 2.52 bits per heavy atom. The van der Waals surface area contributed by atoms with E-state index >= 15 is 0 Å². The third-order valence-electron chi connectivity index (χ3n) is 3.99. The summed E-state index contributed by atoms with van der Waals surface area (Å²) < 4.78 is 0. The zero-order valence-corrected chi connectivity index (χ0v) is 16.8. The molecule has 3 heterocycles. The molecule has 1 aromatic carbocycles. The van der Waals surface area contributed by atoms with Crippen molar-refractivity contribution in [2.75, 3.05) is 6.26 Å². The van der Waals surface area contributed by atoms with Gasteiger partial charge in [0.1, 0.15) is 5.15 Å². The molecule has 5 nitrogen and oxygen atoms in total. The van der Waals surface area contributed by atoms with Gasteiger partial charge in [-0.2, -0.15) is 0 Å². The molecule has 8 heteroatoms. The van der Waals surface area contributed by atoms with E-state index in [0.29, 0.717) is 21.0 Å². The highest BCUT2D eigenvalue weighted by molar-refractivity contribution is 7.98. The molecule has 0 radical (unpaired) electrons. The fraction of sp³-hybridized carbons (Fsp3) is 0.105. The number of benzene rings is 1. The molecule has 4 aromatic rings. The van der Waals surface area contributed by atoms with Gasteiger partial charge in [-0.1, -0.05) is 47.1 Å². The van der Waals surface area contributed by atoms with Gasteiger partial charge in [-0.25, -0.2) is 19.9 Å². The van der Waals surface area contributed by atoms with Crippen molar-refractivity contribution in [3.05, 3.63) is 58.7 Å². The van der Waals surface area contributed by atoms with Crippen LogP contribution in [0.2, 0.25) is 10.2 Å². The van der Waals surface area contributed by atoms with Crippen LogP contribution in [-0.2, 0) is 0 Å². The predicted octanol–water partition coefficient (Wildman–Crippen LogP) is 5.49. The van der Waals surface area contributed by atoms with Gasteiger partial charge in [0.25, 0.3) is 0 Å². The zero-order valence-electron chi connectivity index (χ0n) is 14.4. The summed E-state index contributed by atoms with van der Waals surface area (Å²) in [5.74, 6) is 0. The molecule has 0 bridgehead atoms. The van der Waals surface area contributed by atoms with Crippen LogP contribution in [0.1, 0.15) is 5.69 Å². The lowest BCUT2D eigenvalue weighted by atomic mass is 10.0. The number of aryl methyl sites for hydroxylation is 1. The molecule has 3 aromatic heterocycles. The van der Waals surface area contributed by atoms with Gasteiger partial charge in [0.15, 0.2) is 10.8 Å². The maximum absolute atomic E-state index is 6.56. The van der Waals surface area contributed by atoms with Crippen molar-refractivity contribution >= 4 is 46.0 Å². The summed E-state index contributed by atoms with van der Waals surface area (Å²) in [6.07, 6.45) is 7.08. The van der Waals surface area contributed by atoms with E-state index in [1.807, 2.05) is 37.4 Å². The molecule has 0 fully saturated rings. The summed E-state index contributed by atoms with van der Waals surface area (Å²) in [4.78, 5) is 21.8. The molecule has 0 amide bonds. The summed E-state index contributed by atoms with van der Waals surface area (Å²) >= 11 is 14.4. The molecule has 0 aliphatic heterocycles. The molecule has 0 saturated heterocycles. The van der Waals surface area contributed by atoms with Gasteiger partial charge in [-0.15, -0.1) is 0 Å². The lowest BCUT2D eigenvalue weighted by Crippen LogP contribution is -1.93. The molecule has 0 aliphatic carbocycles. The van der Waals surface area contributed by atoms with Crippen LogP contribution in [0.15, 0.2) is 48.0 Å². The molecular weight excluding hydrogens is 401 g/mol. The van der Waals surface area contributed by atoms with Gasteiger partial charge >= 0.3 is 0 Å². The Morgan fingerprint density at radius 1 is 0.926 bits per heavy atom. The summed E-state index contributed by atoms with van der Waals surface area (Å²) in [5.41, 5.74) is 4.58. The number of pyridine rings is 1. The molecule has 27 heavy (non-hydrogen) atoms. The first kappa shape index (κ1) is 18.1. The minimum Gasteiger partial charge on any atom is -0.261 e. The number of hydrogen-bond acceptors (Lipinski definition) is 6. The first-order valence-electron chi connectivity index (χ1n) is 8.01. The Morgan fingerprint density at radius 2 is 1.78 bits per heavy atom. The van der Waals surface area contributed by atoms with E-state index in [0.717, 1.165) is 33.5 Å². The van der Waals surface area contributed by atoms with Crippen LogP contribution >= 0.6 is 35.0 Å². The molecule has 0 spiro atoms. The van der Waals surface area contributed by atoms with Crippen LogP contribution < -0.4 is 0 Å². The monoisotopic (exact) mass is 413 g/mol. The highest BCUT2D eigenvalue weighted by Gasteiger charge is 2.13. The van der Waals surface area contributed by atoms with Gasteiger partial charge in [-0.05, 0) is 25.3 Å². The maximum atomic E-state index is 6.56. The fourth-order valence-corrected chi connectivity index (χ4v) is 3.56. The predicted molar refractivity (Wildman–Crippen MR) is 110 cm³/mol. The second kappa shape index (κ2) is 7.38. The van der Waals surface area contributed by atoms with Crippen LogP contribution in [0, 0.1) is 6.92 Å². The quantitative estimate of drug-likeness (QED) is 0.251. The van der Waals surface area contributed by atoms with Crippen LogP contribution in [0.5, 0.6) is 0 Å². The van der Waals surface area contributed by atoms with E-state index in [2.05, 4.69) is 24.9 Å². The fourth-order valence-electron chi connectivity index (χ4n) is 2.71. The SMILES string of the molecule is CSc1ncc2cc(-c3ccc(-c4cncc(C)n4)cc3Cl)c(Cl)nc2n1. The Hall–Kier alpha value is -2.28. The molecule has 0 unspecified atom stereocenters. The first-order valence-corrected chi connectivity index (χ1v) is 9.99. The van der Waals surface area contributed by atoms with Crippen LogP contribution in [-0.4, -0.2) is 31.2 Å². The molecule has 0 atom stereocenters. The summed E-state index contributed by atoms with van der Waals surface area (Å²) in [6, 6.07) is 7.61. The van der Waals surface area contributed by atoms with E-state index in [9.17, 15) is 0 Å². The van der Waals surface area contributed by atoms with Gasteiger partial charge in [0.05, 0.1) is 17.6 Å². The lowest BCUT2D eigenvalue weighted by Gasteiger charge is -2.10. The summed E-state index contributed by atoms with van der Waals surface area (Å²) in [5, 5.41) is 2.36. The van der Waals surface area contributed by atoms with Crippen molar-refractivity contribution in [3.63, 3.8) is 0 Å². The van der Waals surface area contributed by atoms with Crippen LogP contribution in [0.25, 0.3) is 33.4 Å². The first-order chi connectivity index (χ1) is 13.0. The molecular formula is C19H13Cl2N5S. The molecule has 4 rings (SSSR count). The third-order valence-corrected chi connectivity index (χ3v) is 5.16. The van der Waals surface area contributed by atoms with Gasteiger partial charge in [0.2, 0.25) is 0 Å². The van der Waals surface area contributed by atoms with E-state index < -0.39 is 0 Å². The Balaban J connectivity index is 1.80. The minimum atomic E-state index is 0.346. The van der Waals surface area contributed by atoms with E-state index in [-0.39, 0.29) is 0 Å². The van der Waals surface area contributed by atoms with Crippen LogP contribution in [0.3, 0.4) is 0 Å². The molecule has 0 aliphatic rings. The Labute approximate surface area is 170 Å². The van der Waals surface area contributed by atoms with Gasteiger partial charge < -0.3 is 0 Å². The number of rotatable bonds is 3. The lowest BCUT2D eigenvalue weighted by molar-refractivity contribution is 0.992. The summed E-state index contributed by atoms with van der Waals surface area (Å²) in [6.45, 7) is 1.90. The highest BCUT2D eigenvalue weighted by Crippen LogP contribution is 2.36. The zero-order chi connectivity index (χ0) is 19.0. The van der Waals surface area contributed by atoms with Crippen LogP contribution in [0.4, 0.5) is 0 Å². The molecule has 0 N–H and O–H groups in total. The third kappa shape index (κ3) is 3.60. The van der Waals surface area contributed by atoms with Crippen molar-refractivity contribution in [1.29, 1.82) is 0 Å².